The van der Waals surface area contributed by atoms with Crippen molar-refractivity contribution in [1.82, 2.24) is 5.32 Å². The van der Waals surface area contributed by atoms with Crippen molar-refractivity contribution in [3.8, 4) is 0 Å². The van der Waals surface area contributed by atoms with Crippen LogP contribution in [0.15, 0.2) is 30.9 Å². The highest BCUT2D eigenvalue weighted by Crippen LogP contribution is 2.25. The fraction of sp³-hybridized carbons (Fsp3) is 0.308. The maximum Gasteiger partial charge on any atom is 0.251 e. The Morgan fingerprint density at radius 3 is 3.25 bits per heavy atom. The summed E-state index contributed by atoms with van der Waals surface area (Å²) in [5.74, 6) is -0.0135. The zero-order chi connectivity index (χ0) is 11.4. The van der Waals surface area contributed by atoms with Gasteiger partial charge in [-0.1, -0.05) is 12.1 Å². The second-order valence-corrected chi connectivity index (χ2v) is 3.86. The van der Waals surface area contributed by atoms with Gasteiger partial charge in [-0.2, -0.15) is 0 Å². The van der Waals surface area contributed by atoms with E-state index in [1.165, 1.54) is 0 Å². The second-order valence-electron chi connectivity index (χ2n) is 3.86. The SMILES string of the molecule is C=CCNC(=O)c1cccc2c1CCCN2. The summed E-state index contributed by atoms with van der Waals surface area (Å²) in [5, 5.41) is 6.13. The van der Waals surface area contributed by atoms with Crippen molar-refractivity contribution in [2.24, 2.45) is 0 Å². The largest absolute Gasteiger partial charge is 0.385 e. The first-order valence-electron chi connectivity index (χ1n) is 5.58. The third kappa shape index (κ3) is 2.08. The lowest BCUT2D eigenvalue weighted by molar-refractivity contribution is 0.0957. The zero-order valence-corrected chi connectivity index (χ0v) is 9.25. The van der Waals surface area contributed by atoms with E-state index in [9.17, 15) is 4.79 Å². The average Bonchev–Trinajstić information content (AvgIpc) is 2.35. The number of nitrogens with one attached hydrogen (secondary N) is 2. The maximum absolute atomic E-state index is 11.9. The molecule has 1 aromatic rings. The van der Waals surface area contributed by atoms with Crippen LogP contribution < -0.4 is 10.6 Å². The number of hydrogen-bond donors (Lipinski definition) is 2. The number of rotatable bonds is 3. The fourth-order valence-electron chi connectivity index (χ4n) is 1.98. The van der Waals surface area contributed by atoms with Crippen molar-refractivity contribution in [1.29, 1.82) is 0 Å². The number of benzene rings is 1. The zero-order valence-electron chi connectivity index (χ0n) is 9.25. The van der Waals surface area contributed by atoms with Crippen molar-refractivity contribution < 1.29 is 4.79 Å². The molecule has 1 aliphatic rings. The molecular formula is C13H16N2O. The van der Waals surface area contributed by atoms with E-state index in [4.69, 9.17) is 0 Å². The number of hydrogen-bond acceptors (Lipinski definition) is 2. The molecule has 1 amide bonds. The number of carbonyl (C=O) groups excluding carboxylic acids is 1. The maximum atomic E-state index is 11.9. The minimum atomic E-state index is -0.0135. The fourth-order valence-corrected chi connectivity index (χ4v) is 1.98. The van der Waals surface area contributed by atoms with Gasteiger partial charge < -0.3 is 10.6 Å². The molecule has 3 nitrogen and oxygen atoms in total. The van der Waals surface area contributed by atoms with Gasteiger partial charge in [0.15, 0.2) is 0 Å². The van der Waals surface area contributed by atoms with Gasteiger partial charge in [0.25, 0.3) is 5.91 Å². The van der Waals surface area contributed by atoms with Crippen molar-refractivity contribution in [2.45, 2.75) is 12.8 Å². The summed E-state index contributed by atoms with van der Waals surface area (Å²) in [6, 6.07) is 5.82. The molecular weight excluding hydrogens is 200 g/mol. The van der Waals surface area contributed by atoms with Gasteiger partial charge in [-0.25, -0.2) is 0 Å². The molecule has 2 N–H and O–H groups in total. The van der Waals surface area contributed by atoms with E-state index in [0.29, 0.717) is 6.54 Å². The third-order valence-corrected chi connectivity index (χ3v) is 2.75. The Morgan fingerprint density at radius 2 is 2.44 bits per heavy atom. The Hall–Kier alpha value is -1.77. The third-order valence-electron chi connectivity index (χ3n) is 2.75. The molecule has 2 rings (SSSR count). The standard InChI is InChI=1S/C13H16N2O/c1-2-8-15-13(16)11-5-3-7-12-10(11)6-4-9-14-12/h2-3,5,7,14H,1,4,6,8-9H2,(H,15,16). The van der Waals surface area contributed by atoms with Gasteiger partial charge in [0, 0.05) is 24.3 Å². The summed E-state index contributed by atoms with van der Waals surface area (Å²) >= 11 is 0. The molecule has 0 fully saturated rings. The highest BCUT2D eigenvalue weighted by molar-refractivity contribution is 5.97. The van der Waals surface area contributed by atoms with Crippen molar-refractivity contribution in [3.05, 3.63) is 42.0 Å². The first-order valence-corrected chi connectivity index (χ1v) is 5.58. The smallest absolute Gasteiger partial charge is 0.251 e. The summed E-state index contributed by atoms with van der Waals surface area (Å²) in [6.07, 6.45) is 3.74. The average molecular weight is 216 g/mol. The van der Waals surface area contributed by atoms with Gasteiger partial charge in [-0.3, -0.25) is 4.79 Å². The van der Waals surface area contributed by atoms with E-state index in [2.05, 4.69) is 17.2 Å². The molecule has 0 unspecified atom stereocenters. The quantitative estimate of drug-likeness (QED) is 0.758. The van der Waals surface area contributed by atoms with Crippen LogP contribution in [0.4, 0.5) is 5.69 Å². The van der Waals surface area contributed by atoms with Crippen LogP contribution in [-0.2, 0) is 6.42 Å². The monoisotopic (exact) mass is 216 g/mol. The van der Waals surface area contributed by atoms with Gasteiger partial charge in [-0.15, -0.1) is 6.58 Å². The molecule has 1 heterocycles. The van der Waals surface area contributed by atoms with Crippen molar-refractivity contribution in [3.63, 3.8) is 0 Å². The predicted octanol–water partition coefficient (Wildman–Crippen LogP) is 1.96. The summed E-state index contributed by atoms with van der Waals surface area (Å²) < 4.78 is 0. The van der Waals surface area contributed by atoms with E-state index in [1.807, 2.05) is 18.2 Å². The highest BCUT2D eigenvalue weighted by atomic mass is 16.1. The van der Waals surface area contributed by atoms with E-state index >= 15 is 0 Å². The first kappa shape index (κ1) is 10.7. The lowest BCUT2D eigenvalue weighted by atomic mass is 9.97. The van der Waals surface area contributed by atoms with Gasteiger partial charge >= 0.3 is 0 Å². The van der Waals surface area contributed by atoms with E-state index in [1.54, 1.807) is 6.08 Å². The molecule has 0 aromatic heterocycles. The molecule has 0 radical (unpaired) electrons. The van der Waals surface area contributed by atoms with Crippen LogP contribution in [0.2, 0.25) is 0 Å². The minimum absolute atomic E-state index is 0.0135. The number of carbonyl (C=O) groups is 1. The van der Waals surface area contributed by atoms with Gasteiger partial charge in [0.05, 0.1) is 0 Å². The molecule has 1 aliphatic heterocycles. The number of fused-ring (bicyclic) bond motifs is 1. The molecule has 0 bridgehead atoms. The number of amides is 1. The highest BCUT2D eigenvalue weighted by Gasteiger charge is 2.16. The molecule has 1 aromatic carbocycles. The Morgan fingerprint density at radius 1 is 1.56 bits per heavy atom. The Kier molecular flexibility index (Phi) is 3.25. The summed E-state index contributed by atoms with van der Waals surface area (Å²) in [4.78, 5) is 11.9. The summed E-state index contributed by atoms with van der Waals surface area (Å²) in [5.41, 5.74) is 3.01. The summed E-state index contributed by atoms with van der Waals surface area (Å²) in [6.45, 7) is 5.09. The van der Waals surface area contributed by atoms with Crippen molar-refractivity contribution >= 4 is 11.6 Å². The normalized spacial score (nSPS) is 13.5. The lowest BCUT2D eigenvalue weighted by Gasteiger charge is -2.20. The first-order chi connectivity index (χ1) is 7.83. The number of anilines is 1. The van der Waals surface area contributed by atoms with Gasteiger partial charge in [0.2, 0.25) is 0 Å². The second kappa shape index (κ2) is 4.84. The van der Waals surface area contributed by atoms with Crippen LogP contribution in [0, 0.1) is 0 Å². The molecule has 16 heavy (non-hydrogen) atoms. The summed E-state index contributed by atoms with van der Waals surface area (Å²) in [7, 11) is 0. The Labute approximate surface area is 95.6 Å². The van der Waals surface area contributed by atoms with Gasteiger partial charge in [0.1, 0.15) is 0 Å². The molecule has 0 atom stereocenters. The lowest BCUT2D eigenvalue weighted by Crippen LogP contribution is -2.26. The van der Waals surface area contributed by atoms with E-state index in [-0.39, 0.29) is 5.91 Å². The minimum Gasteiger partial charge on any atom is -0.385 e. The molecule has 0 spiro atoms. The van der Waals surface area contributed by atoms with Gasteiger partial charge in [-0.05, 0) is 30.5 Å². The van der Waals surface area contributed by atoms with Crippen LogP contribution >= 0.6 is 0 Å². The molecule has 3 heteroatoms. The Balaban J connectivity index is 2.26. The molecule has 0 aliphatic carbocycles. The van der Waals surface area contributed by atoms with Crippen LogP contribution in [0.3, 0.4) is 0 Å². The molecule has 84 valence electrons. The topological polar surface area (TPSA) is 41.1 Å². The predicted molar refractivity (Wildman–Crippen MR) is 65.8 cm³/mol. The van der Waals surface area contributed by atoms with Crippen molar-refractivity contribution in [2.75, 3.05) is 18.4 Å². The van der Waals surface area contributed by atoms with E-state index in [0.717, 1.165) is 36.2 Å². The van der Waals surface area contributed by atoms with Crippen LogP contribution in [-0.4, -0.2) is 19.0 Å². The Bertz CT molecular complexity index is 412. The van der Waals surface area contributed by atoms with Crippen LogP contribution in [0.1, 0.15) is 22.3 Å². The molecule has 0 saturated carbocycles. The van der Waals surface area contributed by atoms with Crippen LogP contribution in [0.25, 0.3) is 0 Å². The molecule has 0 saturated heterocycles. The van der Waals surface area contributed by atoms with Crippen LogP contribution in [0.5, 0.6) is 0 Å². The van der Waals surface area contributed by atoms with E-state index < -0.39 is 0 Å².